The van der Waals surface area contributed by atoms with Gasteiger partial charge in [-0.1, -0.05) is 0 Å². The second kappa shape index (κ2) is 5.30. The molecule has 1 unspecified atom stereocenters. The number of rotatable bonds is 2. The molecule has 3 rings (SSSR count). The molecule has 20 heavy (non-hydrogen) atoms. The fourth-order valence-corrected chi connectivity index (χ4v) is 2.81. The number of hydrogen-bond acceptors (Lipinski definition) is 5. The molecule has 0 radical (unpaired) electrons. The Balaban J connectivity index is 1.96. The summed E-state index contributed by atoms with van der Waals surface area (Å²) >= 11 is 0. The molecule has 0 aliphatic carbocycles. The monoisotopic (exact) mass is 277 g/mol. The molecule has 6 heteroatoms. The molecule has 2 aliphatic heterocycles. The van der Waals surface area contributed by atoms with Crippen molar-refractivity contribution < 1.29 is 14.6 Å². The number of nitrogens with one attached hydrogen (secondary N) is 1. The van der Waals surface area contributed by atoms with Crippen LogP contribution in [-0.4, -0.2) is 43.4 Å². The van der Waals surface area contributed by atoms with Gasteiger partial charge in [0.15, 0.2) is 0 Å². The quantitative estimate of drug-likeness (QED) is 0.679. The van der Waals surface area contributed by atoms with E-state index in [4.69, 9.17) is 10.5 Å². The molecular formula is C14H19N3O3. The number of ether oxygens (including phenoxy) is 1. The lowest BCUT2D eigenvalue weighted by Gasteiger charge is -2.37. The van der Waals surface area contributed by atoms with Crippen LogP contribution < -0.4 is 16.0 Å². The summed E-state index contributed by atoms with van der Waals surface area (Å²) in [6.07, 6.45) is 1.22. The van der Waals surface area contributed by atoms with Crippen molar-refractivity contribution in [1.29, 1.82) is 0 Å². The molecule has 2 aliphatic rings. The van der Waals surface area contributed by atoms with Gasteiger partial charge in [-0.25, -0.2) is 0 Å². The number of hydrogen-bond donors (Lipinski definition) is 3. The highest BCUT2D eigenvalue weighted by atomic mass is 16.5. The molecule has 0 bridgehead atoms. The van der Waals surface area contributed by atoms with Crippen molar-refractivity contribution in [2.45, 2.75) is 18.9 Å². The van der Waals surface area contributed by atoms with Crippen LogP contribution in [0.2, 0.25) is 0 Å². The first kappa shape index (κ1) is 13.2. The minimum atomic E-state index is -0.0941. The summed E-state index contributed by atoms with van der Waals surface area (Å²) in [6.45, 7) is 1.80. The third kappa shape index (κ3) is 2.32. The third-order valence-electron chi connectivity index (χ3n) is 3.90. The van der Waals surface area contributed by atoms with Gasteiger partial charge in [-0.05, 0) is 24.1 Å². The van der Waals surface area contributed by atoms with E-state index in [1.807, 2.05) is 12.1 Å². The Morgan fingerprint density at radius 3 is 3.10 bits per heavy atom. The molecule has 6 nitrogen and oxygen atoms in total. The van der Waals surface area contributed by atoms with Crippen molar-refractivity contribution in [2.24, 2.45) is 0 Å². The molecule has 0 spiro atoms. The zero-order chi connectivity index (χ0) is 14.1. The summed E-state index contributed by atoms with van der Waals surface area (Å²) in [6, 6.07) is 3.74. The maximum absolute atomic E-state index is 11.5. The van der Waals surface area contributed by atoms with Gasteiger partial charge in [0.05, 0.1) is 37.2 Å². The highest BCUT2D eigenvalue weighted by Crippen LogP contribution is 2.34. The van der Waals surface area contributed by atoms with Gasteiger partial charge in [-0.2, -0.15) is 0 Å². The highest BCUT2D eigenvalue weighted by molar-refractivity contribution is 5.95. The van der Waals surface area contributed by atoms with E-state index in [1.165, 1.54) is 0 Å². The van der Waals surface area contributed by atoms with E-state index in [0.717, 1.165) is 23.4 Å². The SMILES string of the molecule is Nc1cc2c(cc1N1CCOCC1CO)NC(=O)CC2. The summed E-state index contributed by atoms with van der Waals surface area (Å²) in [5.41, 5.74) is 9.58. The normalized spacial score (nSPS) is 22.4. The number of nitrogens with two attached hydrogens (primary N) is 1. The maximum Gasteiger partial charge on any atom is 0.224 e. The van der Waals surface area contributed by atoms with Crippen LogP contribution in [0.4, 0.5) is 17.1 Å². The molecule has 1 aromatic carbocycles. The minimum absolute atomic E-state index is 0.0167. The Kier molecular flexibility index (Phi) is 3.50. The van der Waals surface area contributed by atoms with E-state index in [9.17, 15) is 9.90 Å². The van der Waals surface area contributed by atoms with Crippen LogP contribution in [0.3, 0.4) is 0 Å². The lowest BCUT2D eigenvalue weighted by atomic mass is 10.0. The molecule has 1 saturated heterocycles. The maximum atomic E-state index is 11.5. The van der Waals surface area contributed by atoms with Crippen LogP contribution in [0.1, 0.15) is 12.0 Å². The van der Waals surface area contributed by atoms with Gasteiger partial charge in [0.25, 0.3) is 0 Å². The fraction of sp³-hybridized carbons (Fsp3) is 0.500. The van der Waals surface area contributed by atoms with Crippen molar-refractivity contribution in [1.82, 2.24) is 0 Å². The molecule has 1 atom stereocenters. The van der Waals surface area contributed by atoms with Crippen LogP contribution in [0.5, 0.6) is 0 Å². The number of nitrogen functional groups attached to an aromatic ring is 1. The van der Waals surface area contributed by atoms with Crippen molar-refractivity contribution in [2.75, 3.05) is 42.3 Å². The van der Waals surface area contributed by atoms with Crippen LogP contribution in [-0.2, 0) is 16.0 Å². The second-order valence-electron chi connectivity index (χ2n) is 5.22. The number of fused-ring (bicyclic) bond motifs is 1. The van der Waals surface area contributed by atoms with Gasteiger partial charge < -0.3 is 25.8 Å². The average Bonchev–Trinajstić information content (AvgIpc) is 2.47. The summed E-state index contributed by atoms with van der Waals surface area (Å²) < 4.78 is 5.38. The lowest BCUT2D eigenvalue weighted by Crippen LogP contribution is -2.48. The Bertz CT molecular complexity index is 533. The summed E-state index contributed by atoms with van der Waals surface area (Å²) in [5.74, 6) is 0.0360. The molecule has 108 valence electrons. The zero-order valence-corrected chi connectivity index (χ0v) is 11.3. The van der Waals surface area contributed by atoms with Crippen molar-refractivity contribution in [3.8, 4) is 0 Å². The number of aliphatic hydroxyl groups excluding tert-OH is 1. The summed E-state index contributed by atoms with van der Waals surface area (Å²) in [7, 11) is 0. The van der Waals surface area contributed by atoms with E-state index in [-0.39, 0.29) is 18.6 Å². The molecule has 1 fully saturated rings. The molecule has 0 aromatic heterocycles. The van der Waals surface area contributed by atoms with Crippen LogP contribution in [0.15, 0.2) is 12.1 Å². The van der Waals surface area contributed by atoms with Crippen molar-refractivity contribution in [3.63, 3.8) is 0 Å². The first-order valence-electron chi connectivity index (χ1n) is 6.86. The van der Waals surface area contributed by atoms with Crippen LogP contribution in [0, 0.1) is 0 Å². The van der Waals surface area contributed by atoms with Gasteiger partial charge in [0.2, 0.25) is 5.91 Å². The first-order chi connectivity index (χ1) is 9.69. The third-order valence-corrected chi connectivity index (χ3v) is 3.90. The molecule has 1 aromatic rings. The van der Waals surface area contributed by atoms with Gasteiger partial charge in [-0.15, -0.1) is 0 Å². The largest absolute Gasteiger partial charge is 0.397 e. The molecule has 4 N–H and O–H groups in total. The number of morpholine rings is 1. The number of benzene rings is 1. The van der Waals surface area contributed by atoms with Crippen molar-refractivity contribution in [3.05, 3.63) is 17.7 Å². The standard InChI is InChI=1S/C14H19N3O3/c15-11-5-9-1-2-14(19)16-12(9)6-13(11)17-3-4-20-8-10(17)7-18/h5-6,10,18H,1-4,7-8,15H2,(H,16,19). The van der Waals surface area contributed by atoms with Gasteiger partial charge in [0.1, 0.15) is 0 Å². The second-order valence-corrected chi connectivity index (χ2v) is 5.22. The average molecular weight is 277 g/mol. The number of amides is 1. The van der Waals surface area contributed by atoms with Crippen LogP contribution >= 0.6 is 0 Å². The number of carbonyl (C=O) groups excluding carboxylic acids is 1. The summed E-state index contributed by atoms with van der Waals surface area (Å²) in [5, 5.41) is 12.3. The molecular weight excluding hydrogens is 258 g/mol. The minimum Gasteiger partial charge on any atom is -0.397 e. The lowest BCUT2D eigenvalue weighted by molar-refractivity contribution is -0.116. The van der Waals surface area contributed by atoms with E-state index in [2.05, 4.69) is 10.2 Å². The van der Waals surface area contributed by atoms with E-state index < -0.39 is 0 Å². The smallest absolute Gasteiger partial charge is 0.224 e. The van der Waals surface area contributed by atoms with Gasteiger partial charge >= 0.3 is 0 Å². The summed E-state index contributed by atoms with van der Waals surface area (Å²) in [4.78, 5) is 13.6. The molecule has 2 heterocycles. The first-order valence-corrected chi connectivity index (χ1v) is 6.86. The Labute approximate surface area is 117 Å². The predicted molar refractivity (Wildman–Crippen MR) is 76.8 cm³/mol. The van der Waals surface area contributed by atoms with E-state index in [1.54, 1.807) is 0 Å². The Morgan fingerprint density at radius 1 is 1.45 bits per heavy atom. The van der Waals surface area contributed by atoms with Gasteiger partial charge in [0, 0.05) is 18.7 Å². The number of nitrogens with zero attached hydrogens (tertiary/aromatic N) is 1. The van der Waals surface area contributed by atoms with Gasteiger partial charge in [-0.3, -0.25) is 4.79 Å². The Hall–Kier alpha value is -1.79. The molecule has 1 amide bonds. The highest BCUT2D eigenvalue weighted by Gasteiger charge is 2.26. The van der Waals surface area contributed by atoms with Crippen LogP contribution in [0.25, 0.3) is 0 Å². The van der Waals surface area contributed by atoms with Crippen molar-refractivity contribution >= 4 is 23.0 Å². The molecule has 0 saturated carbocycles. The number of anilines is 3. The zero-order valence-electron chi connectivity index (χ0n) is 11.3. The topological polar surface area (TPSA) is 87.8 Å². The number of aliphatic hydroxyl groups is 1. The van der Waals surface area contributed by atoms with E-state index >= 15 is 0 Å². The predicted octanol–water partition coefficient (Wildman–Crippen LogP) is 0.351. The van der Waals surface area contributed by atoms with E-state index in [0.29, 0.717) is 31.9 Å². The fourth-order valence-electron chi connectivity index (χ4n) is 2.81. The number of aryl methyl sites for hydroxylation is 1. The Morgan fingerprint density at radius 2 is 2.30 bits per heavy atom. The number of carbonyl (C=O) groups is 1.